The van der Waals surface area contributed by atoms with Gasteiger partial charge in [0.2, 0.25) is 11.8 Å². The zero-order valence-electron chi connectivity index (χ0n) is 14.3. The molecule has 1 aliphatic rings. The normalized spacial score (nSPS) is 21.5. The van der Waals surface area contributed by atoms with Crippen molar-refractivity contribution in [3.05, 3.63) is 47.6 Å². The summed E-state index contributed by atoms with van der Waals surface area (Å²) in [5.74, 6) is 3.27. The Morgan fingerprint density at radius 1 is 1.33 bits per heavy atom. The van der Waals surface area contributed by atoms with E-state index in [1.807, 2.05) is 6.07 Å². The SMILES string of the molecule is Cc1nc(CSCC(=O)NCC2C(c3ccccc3)C2(C)C)no1. The van der Waals surface area contributed by atoms with E-state index in [0.29, 0.717) is 35.1 Å². The fourth-order valence-corrected chi connectivity index (χ4v) is 4.05. The van der Waals surface area contributed by atoms with Crippen molar-refractivity contribution < 1.29 is 9.32 Å². The van der Waals surface area contributed by atoms with Crippen molar-refractivity contribution in [2.45, 2.75) is 32.4 Å². The molecule has 6 heteroatoms. The summed E-state index contributed by atoms with van der Waals surface area (Å²) in [4.78, 5) is 16.2. The van der Waals surface area contributed by atoms with Crippen molar-refractivity contribution in [3.8, 4) is 0 Å². The van der Waals surface area contributed by atoms with E-state index in [2.05, 4.69) is 53.6 Å². The molecule has 1 aromatic carbocycles. The third kappa shape index (κ3) is 3.80. The summed E-state index contributed by atoms with van der Waals surface area (Å²) in [6.45, 7) is 7.03. The van der Waals surface area contributed by atoms with Gasteiger partial charge in [-0.05, 0) is 22.8 Å². The summed E-state index contributed by atoms with van der Waals surface area (Å²) in [5, 5.41) is 6.89. The van der Waals surface area contributed by atoms with Gasteiger partial charge in [-0.1, -0.05) is 49.3 Å². The monoisotopic (exact) mass is 345 g/mol. The van der Waals surface area contributed by atoms with E-state index in [9.17, 15) is 4.79 Å². The Morgan fingerprint density at radius 3 is 2.75 bits per heavy atom. The van der Waals surface area contributed by atoms with Crippen LogP contribution in [-0.4, -0.2) is 28.3 Å². The van der Waals surface area contributed by atoms with Crippen molar-refractivity contribution in [2.24, 2.45) is 11.3 Å². The Labute approximate surface area is 146 Å². The highest BCUT2D eigenvalue weighted by molar-refractivity contribution is 7.99. The Kier molecular flexibility index (Phi) is 4.94. The van der Waals surface area contributed by atoms with Crippen LogP contribution in [0.4, 0.5) is 0 Å². The molecular weight excluding hydrogens is 322 g/mol. The molecule has 5 nitrogen and oxygen atoms in total. The average molecular weight is 345 g/mol. The highest BCUT2D eigenvalue weighted by atomic mass is 32.2. The lowest BCUT2D eigenvalue weighted by Gasteiger charge is -2.05. The van der Waals surface area contributed by atoms with Crippen LogP contribution in [0.15, 0.2) is 34.9 Å². The van der Waals surface area contributed by atoms with E-state index >= 15 is 0 Å². The zero-order chi connectivity index (χ0) is 17.2. The van der Waals surface area contributed by atoms with Crippen LogP contribution in [-0.2, 0) is 10.5 Å². The third-order valence-corrected chi connectivity index (χ3v) is 5.69. The van der Waals surface area contributed by atoms with Crippen LogP contribution in [0.1, 0.15) is 37.0 Å². The first kappa shape index (κ1) is 17.0. The molecule has 1 aromatic heterocycles. The molecule has 1 saturated carbocycles. The minimum absolute atomic E-state index is 0.0646. The van der Waals surface area contributed by atoms with Gasteiger partial charge in [-0.3, -0.25) is 4.79 Å². The van der Waals surface area contributed by atoms with Crippen molar-refractivity contribution in [1.29, 1.82) is 0 Å². The average Bonchev–Trinajstić information content (AvgIpc) is 2.86. The van der Waals surface area contributed by atoms with Crippen LogP contribution in [0.2, 0.25) is 0 Å². The first-order valence-corrected chi connectivity index (χ1v) is 9.32. The number of rotatable bonds is 7. The number of benzene rings is 1. The maximum Gasteiger partial charge on any atom is 0.230 e. The zero-order valence-corrected chi connectivity index (χ0v) is 15.1. The van der Waals surface area contributed by atoms with Gasteiger partial charge in [0.25, 0.3) is 0 Å². The molecule has 1 heterocycles. The fraction of sp³-hybridized carbons (Fsp3) is 0.500. The molecule has 2 atom stereocenters. The highest BCUT2D eigenvalue weighted by Gasteiger charge is 2.57. The Bertz CT molecular complexity index is 699. The molecule has 2 unspecified atom stereocenters. The molecule has 0 bridgehead atoms. The second-order valence-electron chi connectivity index (χ2n) is 6.84. The number of amides is 1. The quantitative estimate of drug-likeness (QED) is 0.835. The first-order chi connectivity index (χ1) is 11.5. The summed E-state index contributed by atoms with van der Waals surface area (Å²) in [6, 6.07) is 10.6. The number of hydrogen-bond acceptors (Lipinski definition) is 5. The maximum absolute atomic E-state index is 12.0. The summed E-state index contributed by atoms with van der Waals surface area (Å²) in [5.41, 5.74) is 1.60. The van der Waals surface area contributed by atoms with Gasteiger partial charge >= 0.3 is 0 Å². The minimum atomic E-state index is 0.0646. The molecular formula is C18H23N3O2S. The van der Waals surface area contributed by atoms with Crippen LogP contribution < -0.4 is 5.32 Å². The van der Waals surface area contributed by atoms with E-state index in [1.165, 1.54) is 17.3 Å². The second kappa shape index (κ2) is 6.97. The third-order valence-electron chi connectivity index (χ3n) is 4.76. The fourth-order valence-electron chi connectivity index (χ4n) is 3.36. The van der Waals surface area contributed by atoms with E-state index in [1.54, 1.807) is 6.92 Å². The van der Waals surface area contributed by atoms with Gasteiger partial charge in [-0.2, -0.15) is 4.98 Å². The Hall–Kier alpha value is -1.82. The van der Waals surface area contributed by atoms with Crippen LogP contribution in [0.25, 0.3) is 0 Å². The number of aromatic nitrogens is 2. The number of carbonyl (C=O) groups excluding carboxylic acids is 1. The highest BCUT2D eigenvalue weighted by Crippen LogP contribution is 2.63. The summed E-state index contributed by atoms with van der Waals surface area (Å²) < 4.78 is 4.91. The van der Waals surface area contributed by atoms with Crippen molar-refractivity contribution in [2.75, 3.05) is 12.3 Å². The number of nitrogens with zero attached hydrogens (tertiary/aromatic N) is 2. The van der Waals surface area contributed by atoms with E-state index in [-0.39, 0.29) is 11.3 Å². The lowest BCUT2D eigenvalue weighted by molar-refractivity contribution is -0.118. The van der Waals surface area contributed by atoms with E-state index < -0.39 is 0 Å². The number of thioether (sulfide) groups is 1. The van der Waals surface area contributed by atoms with Gasteiger partial charge in [0.15, 0.2) is 5.82 Å². The van der Waals surface area contributed by atoms with Gasteiger partial charge in [-0.25, -0.2) is 0 Å². The topological polar surface area (TPSA) is 68.0 Å². The predicted molar refractivity (Wildman–Crippen MR) is 94.7 cm³/mol. The molecule has 3 rings (SSSR count). The largest absolute Gasteiger partial charge is 0.355 e. The molecule has 2 aromatic rings. The van der Waals surface area contributed by atoms with E-state index in [0.717, 1.165) is 6.54 Å². The molecule has 1 aliphatic carbocycles. The number of nitrogens with one attached hydrogen (secondary N) is 1. The standard InChI is InChI=1S/C18H23N3O2S/c1-12-20-15(21-23-12)10-24-11-16(22)19-9-14-17(18(14,2)3)13-7-5-4-6-8-13/h4-8,14,17H,9-11H2,1-3H3,(H,19,22). The molecule has 0 radical (unpaired) electrons. The number of carbonyl (C=O) groups is 1. The minimum Gasteiger partial charge on any atom is -0.355 e. The van der Waals surface area contributed by atoms with Gasteiger partial charge in [0.05, 0.1) is 11.5 Å². The molecule has 0 aliphatic heterocycles. The van der Waals surface area contributed by atoms with Crippen molar-refractivity contribution >= 4 is 17.7 Å². The maximum atomic E-state index is 12.0. The van der Waals surface area contributed by atoms with Gasteiger partial charge in [-0.15, -0.1) is 11.8 Å². The van der Waals surface area contributed by atoms with E-state index in [4.69, 9.17) is 4.52 Å². The molecule has 0 spiro atoms. The van der Waals surface area contributed by atoms with Crippen LogP contribution in [0, 0.1) is 18.3 Å². The molecule has 1 N–H and O–H groups in total. The Morgan fingerprint density at radius 2 is 2.08 bits per heavy atom. The molecule has 128 valence electrons. The first-order valence-electron chi connectivity index (χ1n) is 8.17. The van der Waals surface area contributed by atoms with Crippen LogP contribution in [0.3, 0.4) is 0 Å². The molecule has 1 amide bonds. The number of aryl methyl sites for hydroxylation is 1. The lowest BCUT2D eigenvalue weighted by Crippen LogP contribution is -2.28. The van der Waals surface area contributed by atoms with Crippen LogP contribution in [0.5, 0.6) is 0 Å². The second-order valence-corrected chi connectivity index (χ2v) is 7.83. The smallest absolute Gasteiger partial charge is 0.230 e. The lowest BCUT2D eigenvalue weighted by atomic mass is 10.0. The van der Waals surface area contributed by atoms with Gasteiger partial charge in [0.1, 0.15) is 0 Å². The molecule has 1 fully saturated rings. The van der Waals surface area contributed by atoms with Crippen molar-refractivity contribution in [1.82, 2.24) is 15.5 Å². The number of hydrogen-bond donors (Lipinski definition) is 1. The van der Waals surface area contributed by atoms with Crippen LogP contribution >= 0.6 is 11.8 Å². The van der Waals surface area contributed by atoms with Gasteiger partial charge < -0.3 is 9.84 Å². The molecule has 0 saturated heterocycles. The van der Waals surface area contributed by atoms with Gasteiger partial charge in [0, 0.05) is 13.5 Å². The summed E-state index contributed by atoms with van der Waals surface area (Å²) in [7, 11) is 0. The molecule has 24 heavy (non-hydrogen) atoms. The summed E-state index contributed by atoms with van der Waals surface area (Å²) >= 11 is 1.50. The predicted octanol–water partition coefficient (Wildman–Crippen LogP) is 3.17. The summed E-state index contributed by atoms with van der Waals surface area (Å²) in [6.07, 6.45) is 0. The van der Waals surface area contributed by atoms with Crippen molar-refractivity contribution in [3.63, 3.8) is 0 Å². The Balaban J connectivity index is 1.41.